The van der Waals surface area contributed by atoms with Gasteiger partial charge in [-0.25, -0.2) is 4.99 Å². The molecule has 144 valence electrons. The third-order valence-electron chi connectivity index (χ3n) is 4.40. The first-order chi connectivity index (χ1) is 13.2. The van der Waals surface area contributed by atoms with Gasteiger partial charge in [0.05, 0.1) is 26.4 Å². The Bertz CT molecular complexity index is 786. The van der Waals surface area contributed by atoms with Crippen LogP contribution in [0.15, 0.2) is 47.5 Å². The molecule has 1 heterocycles. The normalized spacial score (nSPS) is 17.1. The molecule has 1 aliphatic heterocycles. The van der Waals surface area contributed by atoms with Gasteiger partial charge in [0.1, 0.15) is 11.9 Å². The molecule has 0 bridgehead atoms. The fourth-order valence-corrected chi connectivity index (χ4v) is 2.96. The second-order valence-electron chi connectivity index (χ2n) is 6.63. The van der Waals surface area contributed by atoms with Crippen LogP contribution >= 0.6 is 0 Å². The van der Waals surface area contributed by atoms with E-state index >= 15 is 0 Å². The van der Waals surface area contributed by atoms with E-state index in [1.54, 1.807) is 7.11 Å². The van der Waals surface area contributed by atoms with Gasteiger partial charge >= 0.3 is 0 Å². The maximum Gasteiger partial charge on any atom is 0.193 e. The summed E-state index contributed by atoms with van der Waals surface area (Å²) in [4.78, 5) is 4.49. The number of nitrogens with one attached hydrogen (secondary N) is 1. The first-order valence-corrected chi connectivity index (χ1v) is 9.13. The molecule has 2 aromatic carbocycles. The summed E-state index contributed by atoms with van der Waals surface area (Å²) in [7, 11) is 1.67. The quantitative estimate of drug-likeness (QED) is 0.579. The topological polar surface area (TPSA) is 78.1 Å². The second kappa shape index (κ2) is 9.39. The smallest absolute Gasteiger partial charge is 0.193 e. The molecule has 0 amide bonds. The number of methoxy groups -OCH3 is 1. The van der Waals surface area contributed by atoms with Crippen LogP contribution in [-0.4, -0.2) is 32.4 Å². The van der Waals surface area contributed by atoms with Crippen LogP contribution in [0, 0.1) is 6.92 Å². The van der Waals surface area contributed by atoms with Gasteiger partial charge < -0.3 is 25.3 Å². The number of ether oxygens (including phenoxy) is 3. The first-order valence-electron chi connectivity index (χ1n) is 9.13. The molecule has 3 rings (SSSR count). The lowest BCUT2D eigenvalue weighted by Gasteiger charge is -2.16. The molecule has 6 heteroatoms. The number of nitrogens with two attached hydrogens (primary N) is 1. The Morgan fingerprint density at radius 3 is 2.89 bits per heavy atom. The van der Waals surface area contributed by atoms with Gasteiger partial charge in [-0.15, -0.1) is 0 Å². The summed E-state index contributed by atoms with van der Waals surface area (Å²) in [5, 5.41) is 3.16. The fourth-order valence-electron chi connectivity index (χ4n) is 2.96. The molecule has 1 saturated heterocycles. The number of para-hydroxylation sites is 1. The number of nitrogens with zero attached hydrogens (tertiary/aromatic N) is 1. The highest BCUT2D eigenvalue weighted by Gasteiger charge is 2.18. The molecular formula is C21H27N3O3. The summed E-state index contributed by atoms with van der Waals surface area (Å²) in [6, 6.07) is 14.0. The zero-order chi connectivity index (χ0) is 19.1. The third-order valence-corrected chi connectivity index (χ3v) is 4.40. The molecule has 1 aliphatic rings. The summed E-state index contributed by atoms with van der Waals surface area (Å²) >= 11 is 0. The van der Waals surface area contributed by atoms with E-state index in [2.05, 4.69) is 16.4 Å². The SMILES string of the molecule is COCc1ccccc1NC(N)=NCc1ccc(C)cc1OC1CCOC1. The molecule has 6 nitrogen and oxygen atoms in total. The van der Waals surface area contributed by atoms with Crippen molar-refractivity contribution in [3.63, 3.8) is 0 Å². The second-order valence-corrected chi connectivity index (χ2v) is 6.63. The van der Waals surface area contributed by atoms with Crippen molar-refractivity contribution in [1.82, 2.24) is 0 Å². The van der Waals surface area contributed by atoms with Crippen molar-refractivity contribution < 1.29 is 14.2 Å². The van der Waals surface area contributed by atoms with E-state index < -0.39 is 0 Å². The molecule has 0 saturated carbocycles. The Labute approximate surface area is 160 Å². The van der Waals surface area contributed by atoms with Gasteiger partial charge in [-0.2, -0.15) is 0 Å². The average molecular weight is 369 g/mol. The molecule has 3 N–H and O–H groups in total. The van der Waals surface area contributed by atoms with E-state index in [-0.39, 0.29) is 6.10 Å². The maximum absolute atomic E-state index is 6.12. The molecule has 27 heavy (non-hydrogen) atoms. The van der Waals surface area contributed by atoms with Crippen LogP contribution in [0.2, 0.25) is 0 Å². The maximum atomic E-state index is 6.12. The predicted octanol–water partition coefficient (Wildman–Crippen LogP) is 3.24. The standard InChI is InChI=1S/C21H27N3O3/c1-15-7-8-16(20(11-15)27-18-9-10-26-14-18)12-23-21(22)24-19-6-4-3-5-17(19)13-25-2/h3-8,11,18H,9-10,12-14H2,1-2H3,(H3,22,23,24). The summed E-state index contributed by atoms with van der Waals surface area (Å²) in [6.07, 6.45) is 1.02. The molecule has 0 aliphatic carbocycles. The van der Waals surface area contributed by atoms with Crippen LogP contribution < -0.4 is 15.8 Å². The van der Waals surface area contributed by atoms with E-state index in [1.165, 1.54) is 0 Å². The molecule has 0 spiro atoms. The van der Waals surface area contributed by atoms with E-state index in [0.717, 1.165) is 41.2 Å². The number of hydrogen-bond donors (Lipinski definition) is 2. The number of benzene rings is 2. The Hall–Kier alpha value is -2.57. The zero-order valence-electron chi connectivity index (χ0n) is 15.9. The van der Waals surface area contributed by atoms with Gasteiger partial charge in [0.15, 0.2) is 5.96 Å². The van der Waals surface area contributed by atoms with Gasteiger partial charge in [0.2, 0.25) is 0 Å². The Balaban J connectivity index is 1.69. The van der Waals surface area contributed by atoms with Crippen molar-refractivity contribution in [2.45, 2.75) is 32.6 Å². The predicted molar refractivity (Wildman–Crippen MR) is 107 cm³/mol. The number of aryl methyl sites for hydroxylation is 1. The molecule has 1 atom stereocenters. The summed E-state index contributed by atoms with van der Waals surface area (Å²) in [5.74, 6) is 1.20. The van der Waals surface area contributed by atoms with Crippen LogP contribution in [0.5, 0.6) is 5.75 Å². The van der Waals surface area contributed by atoms with E-state index in [9.17, 15) is 0 Å². The lowest BCUT2D eigenvalue weighted by atomic mass is 10.1. The Morgan fingerprint density at radius 1 is 1.26 bits per heavy atom. The number of aliphatic imine (C=N–C) groups is 1. The average Bonchev–Trinajstić information content (AvgIpc) is 3.16. The zero-order valence-corrected chi connectivity index (χ0v) is 15.9. The summed E-state index contributed by atoms with van der Waals surface area (Å²) in [5.41, 5.74) is 10.2. The minimum Gasteiger partial charge on any atom is -0.488 e. The van der Waals surface area contributed by atoms with Gasteiger partial charge in [0, 0.05) is 30.3 Å². The van der Waals surface area contributed by atoms with Crippen LogP contribution in [0.25, 0.3) is 0 Å². The molecule has 2 aromatic rings. The Kier molecular flexibility index (Phi) is 6.68. The highest BCUT2D eigenvalue weighted by molar-refractivity contribution is 5.93. The van der Waals surface area contributed by atoms with Crippen LogP contribution in [0.4, 0.5) is 5.69 Å². The van der Waals surface area contributed by atoms with Gasteiger partial charge in [-0.05, 0) is 24.6 Å². The van der Waals surface area contributed by atoms with Crippen molar-refractivity contribution in [2.24, 2.45) is 10.7 Å². The molecule has 1 fully saturated rings. The van der Waals surface area contributed by atoms with Gasteiger partial charge in [-0.1, -0.05) is 30.3 Å². The highest BCUT2D eigenvalue weighted by atomic mass is 16.5. The lowest BCUT2D eigenvalue weighted by molar-refractivity contribution is 0.140. The minimum absolute atomic E-state index is 0.103. The first kappa shape index (κ1) is 19.2. The number of guanidine groups is 1. The molecular weight excluding hydrogens is 342 g/mol. The van der Waals surface area contributed by atoms with Gasteiger partial charge in [0.25, 0.3) is 0 Å². The van der Waals surface area contributed by atoms with E-state index in [1.807, 2.05) is 43.3 Å². The number of hydrogen-bond acceptors (Lipinski definition) is 4. The molecule has 0 radical (unpaired) electrons. The van der Waals surface area contributed by atoms with Crippen molar-refractivity contribution in [3.8, 4) is 5.75 Å². The van der Waals surface area contributed by atoms with Crippen molar-refractivity contribution >= 4 is 11.6 Å². The summed E-state index contributed by atoms with van der Waals surface area (Å²) < 4.78 is 16.7. The van der Waals surface area contributed by atoms with Crippen molar-refractivity contribution in [2.75, 3.05) is 25.6 Å². The van der Waals surface area contributed by atoms with Crippen LogP contribution in [0.1, 0.15) is 23.1 Å². The largest absolute Gasteiger partial charge is 0.488 e. The molecule has 1 unspecified atom stereocenters. The highest BCUT2D eigenvalue weighted by Crippen LogP contribution is 2.24. The monoisotopic (exact) mass is 369 g/mol. The third kappa shape index (κ3) is 5.45. The fraction of sp³-hybridized carbons (Fsp3) is 0.381. The van der Waals surface area contributed by atoms with E-state index in [4.69, 9.17) is 19.9 Å². The van der Waals surface area contributed by atoms with Crippen molar-refractivity contribution in [3.05, 3.63) is 59.2 Å². The summed E-state index contributed by atoms with van der Waals surface area (Å²) in [6.45, 7) is 4.39. The van der Waals surface area contributed by atoms with Gasteiger partial charge in [-0.3, -0.25) is 0 Å². The molecule has 0 aromatic heterocycles. The van der Waals surface area contributed by atoms with Crippen LogP contribution in [0.3, 0.4) is 0 Å². The number of anilines is 1. The minimum atomic E-state index is 0.103. The number of rotatable bonds is 7. The lowest BCUT2D eigenvalue weighted by Crippen LogP contribution is -2.23. The Morgan fingerprint density at radius 2 is 2.11 bits per heavy atom. The van der Waals surface area contributed by atoms with E-state index in [0.29, 0.717) is 25.7 Å². The van der Waals surface area contributed by atoms with Crippen LogP contribution in [-0.2, 0) is 22.6 Å². The van der Waals surface area contributed by atoms with Crippen molar-refractivity contribution in [1.29, 1.82) is 0 Å².